The van der Waals surface area contributed by atoms with Crippen LogP contribution in [0.25, 0.3) is 22.5 Å². The van der Waals surface area contributed by atoms with Gasteiger partial charge in [-0.3, -0.25) is 0 Å². The molecule has 2 heterocycles. The molecule has 0 atom stereocenters. The van der Waals surface area contributed by atoms with Gasteiger partial charge in [-0.1, -0.05) is 35.9 Å². The SMILES string of the molecule is Cc1ccc(-c2ccc(Nc3nc(-c4ccc(Cl)cc4)cc(C(C)(C)O)n3)cc2)[nH]1. The number of nitrogens with one attached hydrogen (secondary N) is 2. The molecule has 0 radical (unpaired) electrons. The zero-order valence-electron chi connectivity index (χ0n) is 17.1. The second kappa shape index (κ2) is 7.94. The van der Waals surface area contributed by atoms with Gasteiger partial charge < -0.3 is 15.4 Å². The average Bonchev–Trinajstić information content (AvgIpc) is 3.14. The van der Waals surface area contributed by atoms with Gasteiger partial charge in [0.2, 0.25) is 5.95 Å². The lowest BCUT2D eigenvalue weighted by Gasteiger charge is -2.19. The molecule has 5 nitrogen and oxygen atoms in total. The van der Waals surface area contributed by atoms with Crippen LogP contribution in [0.1, 0.15) is 25.2 Å². The molecule has 6 heteroatoms. The van der Waals surface area contributed by atoms with E-state index in [2.05, 4.69) is 32.4 Å². The zero-order valence-corrected chi connectivity index (χ0v) is 17.8. The highest BCUT2D eigenvalue weighted by molar-refractivity contribution is 6.30. The van der Waals surface area contributed by atoms with E-state index in [0.29, 0.717) is 22.4 Å². The summed E-state index contributed by atoms with van der Waals surface area (Å²) in [6.45, 7) is 5.44. The minimum Gasteiger partial charge on any atom is -0.384 e. The van der Waals surface area contributed by atoms with Crippen LogP contribution in [0.2, 0.25) is 5.02 Å². The maximum absolute atomic E-state index is 10.5. The summed E-state index contributed by atoms with van der Waals surface area (Å²) < 4.78 is 0. The lowest BCUT2D eigenvalue weighted by molar-refractivity contribution is 0.0739. The molecule has 4 rings (SSSR count). The minimum atomic E-state index is -1.10. The van der Waals surface area contributed by atoms with Crippen LogP contribution < -0.4 is 5.32 Å². The normalized spacial score (nSPS) is 11.5. The fourth-order valence-electron chi connectivity index (χ4n) is 3.12. The van der Waals surface area contributed by atoms with E-state index in [9.17, 15) is 5.11 Å². The number of hydrogen-bond acceptors (Lipinski definition) is 4. The number of H-pyrrole nitrogens is 1. The van der Waals surface area contributed by atoms with E-state index >= 15 is 0 Å². The van der Waals surface area contributed by atoms with E-state index in [1.54, 1.807) is 19.9 Å². The van der Waals surface area contributed by atoms with Crippen LogP contribution >= 0.6 is 11.6 Å². The molecule has 0 bridgehead atoms. The number of nitrogens with zero attached hydrogens (tertiary/aromatic N) is 2. The Morgan fingerprint density at radius 1 is 0.900 bits per heavy atom. The predicted octanol–water partition coefficient (Wildman–Crippen LogP) is 6.07. The molecular formula is C24H23ClN4O. The van der Waals surface area contributed by atoms with Crippen LogP contribution in [0.15, 0.2) is 66.7 Å². The number of aliphatic hydroxyl groups is 1. The first kappa shape index (κ1) is 20.1. The van der Waals surface area contributed by atoms with Gasteiger partial charge in [0, 0.05) is 27.7 Å². The quantitative estimate of drug-likeness (QED) is 0.367. The molecule has 0 fully saturated rings. The highest BCUT2D eigenvalue weighted by atomic mass is 35.5. The molecule has 2 aromatic heterocycles. The van der Waals surface area contributed by atoms with Crippen LogP contribution in [-0.2, 0) is 5.60 Å². The molecule has 2 aromatic carbocycles. The third-order valence-corrected chi connectivity index (χ3v) is 5.03. The van der Waals surface area contributed by atoms with Crippen LogP contribution in [0.4, 0.5) is 11.6 Å². The second-order valence-corrected chi connectivity index (χ2v) is 8.22. The van der Waals surface area contributed by atoms with Crippen molar-refractivity contribution in [3.05, 3.63) is 83.1 Å². The van der Waals surface area contributed by atoms with E-state index in [4.69, 9.17) is 11.6 Å². The zero-order chi connectivity index (χ0) is 21.3. The fraction of sp³-hybridized carbons (Fsp3) is 0.167. The Morgan fingerprint density at radius 2 is 1.57 bits per heavy atom. The summed E-state index contributed by atoms with van der Waals surface area (Å²) in [4.78, 5) is 12.5. The van der Waals surface area contributed by atoms with Crippen molar-refractivity contribution in [2.75, 3.05) is 5.32 Å². The van der Waals surface area contributed by atoms with Crippen molar-refractivity contribution < 1.29 is 5.11 Å². The monoisotopic (exact) mass is 418 g/mol. The van der Waals surface area contributed by atoms with Crippen molar-refractivity contribution in [1.29, 1.82) is 0 Å². The van der Waals surface area contributed by atoms with Gasteiger partial charge >= 0.3 is 0 Å². The molecule has 0 saturated heterocycles. The number of aromatic nitrogens is 3. The lowest BCUT2D eigenvalue weighted by Crippen LogP contribution is -2.19. The maximum atomic E-state index is 10.5. The molecule has 4 aromatic rings. The Hall–Kier alpha value is -3.15. The summed E-state index contributed by atoms with van der Waals surface area (Å²) in [5.41, 5.74) is 5.19. The number of anilines is 2. The first-order chi connectivity index (χ1) is 14.3. The second-order valence-electron chi connectivity index (χ2n) is 7.79. The van der Waals surface area contributed by atoms with E-state index in [-0.39, 0.29) is 0 Å². The predicted molar refractivity (Wildman–Crippen MR) is 122 cm³/mol. The smallest absolute Gasteiger partial charge is 0.228 e. The van der Waals surface area contributed by atoms with Gasteiger partial charge in [-0.15, -0.1) is 0 Å². The van der Waals surface area contributed by atoms with E-state index < -0.39 is 5.60 Å². The van der Waals surface area contributed by atoms with Gasteiger partial charge in [-0.05, 0) is 68.8 Å². The van der Waals surface area contributed by atoms with Gasteiger partial charge in [-0.25, -0.2) is 9.97 Å². The van der Waals surface area contributed by atoms with E-state index in [0.717, 1.165) is 28.2 Å². The van der Waals surface area contributed by atoms with E-state index in [1.807, 2.05) is 55.5 Å². The molecule has 30 heavy (non-hydrogen) atoms. The Labute approximate surface area is 180 Å². The Kier molecular flexibility index (Phi) is 5.33. The Morgan fingerprint density at radius 3 is 2.17 bits per heavy atom. The van der Waals surface area contributed by atoms with Gasteiger partial charge in [0.15, 0.2) is 0 Å². The minimum absolute atomic E-state index is 0.419. The average molecular weight is 419 g/mol. The number of aryl methyl sites for hydroxylation is 1. The van der Waals surface area contributed by atoms with Crippen LogP contribution in [-0.4, -0.2) is 20.1 Å². The highest BCUT2D eigenvalue weighted by Crippen LogP contribution is 2.28. The number of benzene rings is 2. The Balaban J connectivity index is 1.66. The first-order valence-electron chi connectivity index (χ1n) is 9.69. The maximum Gasteiger partial charge on any atom is 0.228 e. The molecule has 3 N–H and O–H groups in total. The summed E-state index contributed by atoms with van der Waals surface area (Å²) in [6, 6.07) is 21.4. The summed E-state index contributed by atoms with van der Waals surface area (Å²) >= 11 is 6.01. The van der Waals surface area contributed by atoms with Crippen molar-refractivity contribution >= 4 is 23.2 Å². The van der Waals surface area contributed by atoms with Crippen LogP contribution in [0.5, 0.6) is 0 Å². The fourth-order valence-corrected chi connectivity index (χ4v) is 3.25. The summed E-state index contributed by atoms with van der Waals surface area (Å²) in [7, 11) is 0. The van der Waals surface area contributed by atoms with Gasteiger partial charge in [0.05, 0.1) is 11.4 Å². The van der Waals surface area contributed by atoms with Gasteiger partial charge in [0.1, 0.15) is 5.60 Å². The Bertz CT molecular complexity index is 1160. The molecule has 0 saturated carbocycles. The van der Waals surface area contributed by atoms with Gasteiger partial charge in [-0.2, -0.15) is 0 Å². The van der Waals surface area contributed by atoms with Crippen molar-refractivity contribution in [2.45, 2.75) is 26.4 Å². The van der Waals surface area contributed by atoms with Crippen molar-refractivity contribution in [3.8, 4) is 22.5 Å². The first-order valence-corrected chi connectivity index (χ1v) is 10.1. The standard InChI is InChI=1S/C24H23ClN4O/c1-15-4-13-20(26-15)16-7-11-19(12-8-16)27-23-28-21(14-22(29-23)24(2,3)30)17-5-9-18(25)10-6-17/h4-14,26,30H,1-3H3,(H,27,28,29). The molecule has 0 unspecified atom stereocenters. The number of hydrogen-bond donors (Lipinski definition) is 3. The molecule has 0 aliphatic carbocycles. The third-order valence-electron chi connectivity index (χ3n) is 4.78. The highest BCUT2D eigenvalue weighted by Gasteiger charge is 2.20. The number of aromatic amines is 1. The molecule has 0 amide bonds. The van der Waals surface area contributed by atoms with Crippen LogP contribution in [0, 0.1) is 6.92 Å². The van der Waals surface area contributed by atoms with Crippen LogP contribution in [0.3, 0.4) is 0 Å². The van der Waals surface area contributed by atoms with Crippen molar-refractivity contribution in [3.63, 3.8) is 0 Å². The number of rotatable bonds is 5. The lowest BCUT2D eigenvalue weighted by atomic mass is 10.0. The third kappa shape index (κ3) is 4.53. The molecule has 0 aliphatic heterocycles. The van der Waals surface area contributed by atoms with E-state index in [1.165, 1.54) is 0 Å². The summed E-state index contributed by atoms with van der Waals surface area (Å²) in [6.07, 6.45) is 0. The number of halogens is 1. The van der Waals surface area contributed by atoms with Gasteiger partial charge in [0.25, 0.3) is 0 Å². The molecule has 152 valence electrons. The molecular weight excluding hydrogens is 396 g/mol. The topological polar surface area (TPSA) is 73.8 Å². The van der Waals surface area contributed by atoms with Crippen molar-refractivity contribution in [1.82, 2.24) is 15.0 Å². The summed E-state index contributed by atoms with van der Waals surface area (Å²) in [5.74, 6) is 0.419. The van der Waals surface area contributed by atoms with Crippen molar-refractivity contribution in [2.24, 2.45) is 0 Å². The molecule has 0 spiro atoms. The summed E-state index contributed by atoms with van der Waals surface area (Å²) in [5, 5.41) is 14.4. The largest absolute Gasteiger partial charge is 0.384 e. The molecule has 0 aliphatic rings.